The predicted molar refractivity (Wildman–Crippen MR) is 72.4 cm³/mol. The molecule has 2 rings (SSSR count). The first-order chi connectivity index (χ1) is 8.86. The molecule has 19 heavy (non-hydrogen) atoms. The zero-order chi connectivity index (χ0) is 14.1. The molecule has 0 aromatic heterocycles. The van der Waals surface area contributed by atoms with Gasteiger partial charge in [0.25, 0.3) is 0 Å². The summed E-state index contributed by atoms with van der Waals surface area (Å²) in [7, 11) is -3.74. The molecule has 0 bridgehead atoms. The van der Waals surface area contributed by atoms with Crippen molar-refractivity contribution in [1.82, 2.24) is 10.0 Å². The summed E-state index contributed by atoms with van der Waals surface area (Å²) < 4.78 is 27.4. The Kier molecular flexibility index (Phi) is 3.83. The lowest BCUT2D eigenvalue weighted by atomic mass is 10.0. The van der Waals surface area contributed by atoms with Gasteiger partial charge in [-0.05, 0) is 38.1 Å². The standard InChI is InChI=1S/C12H14ClN3O2S/c1-12(4-5-15-8-12)16-19(17,18)11-6-9(7-14)2-3-10(11)13/h2-3,6,15-16H,4-5,8H2,1H3. The van der Waals surface area contributed by atoms with Crippen LogP contribution in [0.1, 0.15) is 18.9 Å². The summed E-state index contributed by atoms with van der Waals surface area (Å²) >= 11 is 5.92. The van der Waals surface area contributed by atoms with Crippen molar-refractivity contribution in [2.24, 2.45) is 0 Å². The number of nitriles is 1. The lowest BCUT2D eigenvalue weighted by Gasteiger charge is -2.24. The number of benzene rings is 1. The van der Waals surface area contributed by atoms with E-state index >= 15 is 0 Å². The largest absolute Gasteiger partial charge is 0.315 e. The van der Waals surface area contributed by atoms with E-state index in [2.05, 4.69) is 10.0 Å². The van der Waals surface area contributed by atoms with Gasteiger partial charge in [0, 0.05) is 12.1 Å². The van der Waals surface area contributed by atoms with Gasteiger partial charge in [0.2, 0.25) is 10.0 Å². The van der Waals surface area contributed by atoms with E-state index in [-0.39, 0.29) is 15.5 Å². The second-order valence-electron chi connectivity index (χ2n) is 4.85. The minimum atomic E-state index is -3.74. The number of hydrogen-bond donors (Lipinski definition) is 2. The van der Waals surface area contributed by atoms with Crippen LogP contribution >= 0.6 is 11.6 Å². The van der Waals surface area contributed by atoms with E-state index in [9.17, 15) is 8.42 Å². The zero-order valence-electron chi connectivity index (χ0n) is 10.4. The molecular weight excluding hydrogens is 286 g/mol. The maximum absolute atomic E-state index is 12.3. The van der Waals surface area contributed by atoms with Gasteiger partial charge in [-0.15, -0.1) is 0 Å². The Bertz CT molecular complexity index is 631. The fourth-order valence-electron chi connectivity index (χ4n) is 2.06. The molecule has 1 saturated heterocycles. The molecule has 5 nitrogen and oxygen atoms in total. The number of rotatable bonds is 3. The van der Waals surface area contributed by atoms with Crippen LogP contribution < -0.4 is 10.0 Å². The van der Waals surface area contributed by atoms with E-state index in [1.165, 1.54) is 18.2 Å². The van der Waals surface area contributed by atoms with Gasteiger partial charge in [-0.1, -0.05) is 11.6 Å². The molecule has 1 aliphatic heterocycles. The topological polar surface area (TPSA) is 82.0 Å². The highest BCUT2D eigenvalue weighted by atomic mass is 35.5. The van der Waals surface area contributed by atoms with E-state index in [1.54, 1.807) is 0 Å². The summed E-state index contributed by atoms with van der Waals surface area (Å²) in [5.41, 5.74) is -0.260. The Morgan fingerprint density at radius 3 is 2.84 bits per heavy atom. The predicted octanol–water partition coefficient (Wildman–Crippen LogP) is 1.24. The quantitative estimate of drug-likeness (QED) is 0.880. The summed E-state index contributed by atoms with van der Waals surface area (Å²) in [6, 6.07) is 6.10. The van der Waals surface area contributed by atoms with Crippen molar-refractivity contribution >= 4 is 21.6 Å². The second kappa shape index (κ2) is 5.10. The summed E-state index contributed by atoms with van der Waals surface area (Å²) in [6.07, 6.45) is 0.710. The first kappa shape index (κ1) is 14.3. The van der Waals surface area contributed by atoms with Crippen LogP contribution in [-0.4, -0.2) is 27.0 Å². The van der Waals surface area contributed by atoms with Crippen molar-refractivity contribution < 1.29 is 8.42 Å². The number of nitrogens with zero attached hydrogens (tertiary/aromatic N) is 1. The third kappa shape index (κ3) is 3.07. The summed E-state index contributed by atoms with van der Waals surface area (Å²) in [5, 5.41) is 12.1. The third-order valence-electron chi connectivity index (χ3n) is 3.10. The molecule has 0 spiro atoms. The summed E-state index contributed by atoms with van der Waals surface area (Å²) in [4.78, 5) is -0.0543. The fourth-order valence-corrected chi connectivity index (χ4v) is 4.02. The maximum Gasteiger partial charge on any atom is 0.242 e. The van der Waals surface area contributed by atoms with Crippen LogP contribution in [0, 0.1) is 11.3 Å². The lowest BCUT2D eigenvalue weighted by molar-refractivity contribution is 0.452. The minimum Gasteiger partial charge on any atom is -0.315 e. The second-order valence-corrected chi connectivity index (χ2v) is 6.91. The molecule has 0 amide bonds. The van der Waals surface area contributed by atoms with Crippen molar-refractivity contribution in [2.75, 3.05) is 13.1 Å². The molecular formula is C12H14ClN3O2S. The molecule has 102 valence electrons. The monoisotopic (exact) mass is 299 g/mol. The number of hydrogen-bond acceptors (Lipinski definition) is 4. The molecule has 1 unspecified atom stereocenters. The highest BCUT2D eigenvalue weighted by Crippen LogP contribution is 2.25. The van der Waals surface area contributed by atoms with Crippen molar-refractivity contribution in [3.63, 3.8) is 0 Å². The smallest absolute Gasteiger partial charge is 0.242 e. The van der Waals surface area contributed by atoms with Gasteiger partial charge < -0.3 is 5.32 Å². The molecule has 1 aliphatic rings. The summed E-state index contributed by atoms with van der Waals surface area (Å²) in [5.74, 6) is 0. The van der Waals surface area contributed by atoms with Crippen LogP contribution in [0.2, 0.25) is 5.02 Å². The molecule has 0 radical (unpaired) electrons. The third-order valence-corrected chi connectivity index (χ3v) is 5.22. The lowest BCUT2D eigenvalue weighted by Crippen LogP contribution is -2.47. The molecule has 1 atom stereocenters. The normalized spacial score (nSPS) is 23.2. The van der Waals surface area contributed by atoms with Crippen LogP contribution in [0.25, 0.3) is 0 Å². The van der Waals surface area contributed by atoms with Crippen molar-refractivity contribution in [3.05, 3.63) is 28.8 Å². The van der Waals surface area contributed by atoms with E-state index in [1.807, 2.05) is 13.0 Å². The molecule has 0 saturated carbocycles. The Hall–Kier alpha value is -1.13. The highest BCUT2D eigenvalue weighted by Gasteiger charge is 2.34. The first-order valence-electron chi connectivity index (χ1n) is 5.81. The van der Waals surface area contributed by atoms with Crippen LogP contribution in [0.5, 0.6) is 0 Å². The van der Waals surface area contributed by atoms with Crippen LogP contribution in [-0.2, 0) is 10.0 Å². The number of sulfonamides is 1. The number of nitrogens with one attached hydrogen (secondary N) is 2. The molecule has 1 aromatic carbocycles. The Morgan fingerprint density at radius 2 is 2.26 bits per heavy atom. The van der Waals surface area contributed by atoms with E-state index in [0.29, 0.717) is 13.0 Å². The fraction of sp³-hybridized carbons (Fsp3) is 0.417. The van der Waals surface area contributed by atoms with E-state index < -0.39 is 15.6 Å². The van der Waals surface area contributed by atoms with E-state index in [4.69, 9.17) is 16.9 Å². The Morgan fingerprint density at radius 1 is 1.53 bits per heavy atom. The molecule has 1 fully saturated rings. The van der Waals surface area contributed by atoms with Crippen LogP contribution in [0.3, 0.4) is 0 Å². The van der Waals surface area contributed by atoms with Gasteiger partial charge in [0.15, 0.2) is 0 Å². The highest BCUT2D eigenvalue weighted by molar-refractivity contribution is 7.89. The molecule has 1 heterocycles. The van der Waals surface area contributed by atoms with Gasteiger partial charge in [-0.25, -0.2) is 13.1 Å². The van der Waals surface area contributed by atoms with E-state index in [0.717, 1.165) is 6.54 Å². The van der Waals surface area contributed by atoms with Gasteiger partial charge in [0.1, 0.15) is 4.90 Å². The maximum atomic E-state index is 12.3. The average Bonchev–Trinajstić information content (AvgIpc) is 2.75. The molecule has 0 aliphatic carbocycles. The molecule has 7 heteroatoms. The molecule has 2 N–H and O–H groups in total. The van der Waals surface area contributed by atoms with Crippen molar-refractivity contribution in [3.8, 4) is 6.07 Å². The van der Waals surface area contributed by atoms with Gasteiger partial charge >= 0.3 is 0 Å². The zero-order valence-corrected chi connectivity index (χ0v) is 12.0. The Labute approximate surface area is 117 Å². The Balaban J connectivity index is 2.37. The van der Waals surface area contributed by atoms with Crippen LogP contribution in [0.4, 0.5) is 0 Å². The van der Waals surface area contributed by atoms with Gasteiger partial charge in [-0.2, -0.15) is 5.26 Å². The van der Waals surface area contributed by atoms with Gasteiger partial charge in [0.05, 0.1) is 16.7 Å². The minimum absolute atomic E-state index is 0.0543. The molecule has 1 aromatic rings. The van der Waals surface area contributed by atoms with Crippen LogP contribution in [0.15, 0.2) is 23.1 Å². The van der Waals surface area contributed by atoms with Crippen molar-refractivity contribution in [2.45, 2.75) is 23.8 Å². The number of halogens is 1. The van der Waals surface area contributed by atoms with Gasteiger partial charge in [-0.3, -0.25) is 0 Å². The average molecular weight is 300 g/mol. The SMILES string of the molecule is CC1(NS(=O)(=O)c2cc(C#N)ccc2Cl)CCNC1. The van der Waals surface area contributed by atoms with Crippen molar-refractivity contribution in [1.29, 1.82) is 5.26 Å². The summed E-state index contributed by atoms with van der Waals surface area (Å²) in [6.45, 7) is 3.18. The first-order valence-corrected chi connectivity index (χ1v) is 7.67.